The Morgan fingerprint density at radius 3 is 2.62 bits per heavy atom. The van der Waals surface area contributed by atoms with Crippen molar-refractivity contribution in [2.75, 3.05) is 18.4 Å². The average molecular weight is 389 g/mol. The predicted octanol–water partition coefficient (Wildman–Crippen LogP) is 4.79. The van der Waals surface area contributed by atoms with E-state index >= 15 is 0 Å². The molecule has 0 bridgehead atoms. The number of anilines is 1. The lowest BCUT2D eigenvalue weighted by Crippen LogP contribution is -2.51. The number of benzene rings is 2. The molecule has 2 aliphatic rings. The van der Waals surface area contributed by atoms with Gasteiger partial charge >= 0.3 is 0 Å². The quantitative estimate of drug-likeness (QED) is 0.650. The minimum atomic E-state index is -0.377. The van der Waals surface area contributed by atoms with Crippen molar-refractivity contribution in [2.45, 2.75) is 32.2 Å². The number of amides is 1. The van der Waals surface area contributed by atoms with E-state index in [1.807, 2.05) is 4.90 Å². The van der Waals surface area contributed by atoms with Crippen LogP contribution in [0.3, 0.4) is 0 Å². The van der Waals surface area contributed by atoms with Crippen LogP contribution in [-0.4, -0.2) is 28.5 Å². The van der Waals surface area contributed by atoms with Crippen LogP contribution in [0, 0.1) is 19.7 Å². The molecule has 2 aliphatic heterocycles. The first-order chi connectivity index (χ1) is 14.0. The Balaban J connectivity index is 1.44. The van der Waals surface area contributed by atoms with Gasteiger partial charge in [-0.05, 0) is 74.2 Å². The highest BCUT2D eigenvalue weighted by Crippen LogP contribution is 2.44. The minimum absolute atomic E-state index is 0.0996. The molecule has 1 amide bonds. The predicted molar refractivity (Wildman–Crippen MR) is 112 cm³/mol. The number of nitrogens with one attached hydrogen (secondary N) is 1. The van der Waals surface area contributed by atoms with E-state index in [2.05, 4.69) is 54.2 Å². The van der Waals surface area contributed by atoms with E-state index in [-0.39, 0.29) is 17.3 Å². The van der Waals surface area contributed by atoms with Gasteiger partial charge in [-0.25, -0.2) is 4.39 Å². The van der Waals surface area contributed by atoms with E-state index < -0.39 is 0 Å². The molecule has 29 heavy (non-hydrogen) atoms. The fourth-order valence-corrected chi connectivity index (χ4v) is 4.78. The molecule has 1 N–H and O–H groups in total. The fourth-order valence-electron chi connectivity index (χ4n) is 4.78. The summed E-state index contributed by atoms with van der Waals surface area (Å²) in [6.07, 6.45) is 3.75. The van der Waals surface area contributed by atoms with Gasteiger partial charge in [-0.2, -0.15) is 0 Å². The first kappa shape index (κ1) is 18.0. The fraction of sp³-hybridized carbons (Fsp3) is 0.292. The molecule has 5 rings (SSSR count). The number of fused-ring (bicyclic) bond motifs is 4. The highest BCUT2D eigenvalue weighted by molar-refractivity contribution is 5.94. The summed E-state index contributed by atoms with van der Waals surface area (Å²) in [5.74, 6) is -0.476. The van der Waals surface area contributed by atoms with Crippen molar-refractivity contribution in [1.29, 1.82) is 0 Å². The van der Waals surface area contributed by atoms with Crippen LogP contribution in [0.15, 0.2) is 54.7 Å². The highest BCUT2D eigenvalue weighted by atomic mass is 19.1. The van der Waals surface area contributed by atoms with Crippen LogP contribution in [0.2, 0.25) is 0 Å². The standard InChI is InChI=1S/C24H24FN3O/c1-16-8-9-20-22(17(16)2)28-12-4-7-21(28)24(26-20)10-13-27(14-11-24)23(29)18-5-3-6-19(25)15-18/h3-9,12,15,26H,10-11,13-14H2,1-2H3. The number of aromatic nitrogens is 1. The number of likely N-dealkylation sites (tertiary alicyclic amines) is 1. The maximum absolute atomic E-state index is 13.5. The molecule has 148 valence electrons. The van der Waals surface area contributed by atoms with Gasteiger partial charge in [0.15, 0.2) is 0 Å². The number of aryl methyl sites for hydroxylation is 1. The Labute approximate surface area is 170 Å². The third-order valence-electron chi connectivity index (χ3n) is 6.53. The molecular weight excluding hydrogens is 365 g/mol. The first-order valence-electron chi connectivity index (χ1n) is 10.1. The number of rotatable bonds is 1. The van der Waals surface area contributed by atoms with E-state index in [9.17, 15) is 9.18 Å². The van der Waals surface area contributed by atoms with Crippen molar-refractivity contribution >= 4 is 11.6 Å². The molecule has 0 atom stereocenters. The van der Waals surface area contributed by atoms with E-state index in [1.54, 1.807) is 12.1 Å². The maximum Gasteiger partial charge on any atom is 0.253 e. The van der Waals surface area contributed by atoms with Gasteiger partial charge in [0.25, 0.3) is 5.91 Å². The van der Waals surface area contributed by atoms with Gasteiger partial charge in [-0.1, -0.05) is 12.1 Å². The number of halogens is 1. The number of carbonyl (C=O) groups is 1. The van der Waals surface area contributed by atoms with Crippen LogP contribution in [0.25, 0.3) is 5.69 Å². The van der Waals surface area contributed by atoms with Gasteiger partial charge in [0.05, 0.1) is 16.9 Å². The number of hydrogen-bond acceptors (Lipinski definition) is 2. The Kier molecular flexibility index (Phi) is 4.02. The summed E-state index contributed by atoms with van der Waals surface area (Å²) in [6, 6.07) is 14.5. The zero-order valence-electron chi connectivity index (χ0n) is 16.7. The third-order valence-corrected chi connectivity index (χ3v) is 6.53. The summed E-state index contributed by atoms with van der Waals surface area (Å²) in [5, 5.41) is 3.81. The van der Waals surface area contributed by atoms with Gasteiger partial charge in [0.2, 0.25) is 0 Å². The Hall–Kier alpha value is -3.08. The maximum atomic E-state index is 13.5. The zero-order valence-corrected chi connectivity index (χ0v) is 16.7. The lowest BCUT2D eigenvalue weighted by molar-refractivity contribution is 0.0676. The minimum Gasteiger partial charge on any atom is -0.372 e. The van der Waals surface area contributed by atoms with E-state index in [1.165, 1.54) is 34.6 Å². The molecule has 1 fully saturated rings. The van der Waals surface area contributed by atoms with Crippen molar-refractivity contribution in [3.8, 4) is 5.69 Å². The molecule has 1 saturated heterocycles. The number of piperidine rings is 1. The Morgan fingerprint density at radius 1 is 1.07 bits per heavy atom. The topological polar surface area (TPSA) is 37.3 Å². The number of nitrogens with zero attached hydrogens (tertiary/aromatic N) is 2. The number of hydrogen-bond donors (Lipinski definition) is 1. The Bertz CT molecular complexity index is 1110. The smallest absolute Gasteiger partial charge is 0.253 e. The average Bonchev–Trinajstić information content (AvgIpc) is 3.22. The molecule has 1 spiro atoms. The van der Waals surface area contributed by atoms with Crippen LogP contribution in [0.1, 0.15) is 40.0 Å². The molecule has 3 heterocycles. The summed E-state index contributed by atoms with van der Waals surface area (Å²) in [4.78, 5) is 14.7. The van der Waals surface area contributed by atoms with Gasteiger partial charge in [0.1, 0.15) is 5.82 Å². The van der Waals surface area contributed by atoms with Gasteiger partial charge in [0, 0.05) is 30.5 Å². The molecule has 3 aromatic rings. The molecule has 0 saturated carbocycles. The van der Waals surface area contributed by atoms with Crippen molar-refractivity contribution in [2.24, 2.45) is 0 Å². The summed E-state index contributed by atoms with van der Waals surface area (Å²) in [7, 11) is 0. The second-order valence-corrected chi connectivity index (χ2v) is 8.18. The molecule has 4 nitrogen and oxygen atoms in total. The summed E-state index contributed by atoms with van der Waals surface area (Å²) in [5.41, 5.74) is 6.37. The second-order valence-electron chi connectivity index (χ2n) is 8.18. The van der Waals surface area contributed by atoms with Crippen molar-refractivity contribution < 1.29 is 9.18 Å². The monoisotopic (exact) mass is 389 g/mol. The molecule has 0 unspecified atom stereocenters. The first-order valence-corrected chi connectivity index (χ1v) is 10.1. The van der Waals surface area contributed by atoms with Gasteiger partial charge < -0.3 is 14.8 Å². The molecule has 5 heteroatoms. The highest BCUT2D eigenvalue weighted by Gasteiger charge is 2.42. The third kappa shape index (κ3) is 2.76. The van der Waals surface area contributed by atoms with Crippen LogP contribution in [-0.2, 0) is 5.54 Å². The van der Waals surface area contributed by atoms with Crippen LogP contribution >= 0.6 is 0 Å². The van der Waals surface area contributed by atoms with Gasteiger partial charge in [-0.15, -0.1) is 0 Å². The largest absolute Gasteiger partial charge is 0.372 e. The van der Waals surface area contributed by atoms with Crippen molar-refractivity contribution in [3.05, 3.63) is 82.9 Å². The summed E-state index contributed by atoms with van der Waals surface area (Å²) >= 11 is 0. The second kappa shape index (κ2) is 6.48. The van der Waals surface area contributed by atoms with E-state index in [0.29, 0.717) is 18.7 Å². The van der Waals surface area contributed by atoms with Crippen LogP contribution < -0.4 is 5.32 Å². The number of carbonyl (C=O) groups excluding carboxylic acids is 1. The Morgan fingerprint density at radius 2 is 1.86 bits per heavy atom. The molecule has 0 radical (unpaired) electrons. The molecule has 2 aromatic carbocycles. The lowest BCUT2D eigenvalue weighted by atomic mass is 9.81. The SMILES string of the molecule is Cc1ccc2c(c1C)-n1cccc1C1(CCN(C(=O)c3cccc(F)c3)CC1)N2. The summed E-state index contributed by atoms with van der Waals surface area (Å²) < 4.78 is 15.8. The zero-order chi connectivity index (χ0) is 20.2. The van der Waals surface area contributed by atoms with Crippen LogP contribution in [0.5, 0.6) is 0 Å². The molecule has 1 aromatic heterocycles. The molecular formula is C24H24FN3O. The van der Waals surface area contributed by atoms with E-state index in [4.69, 9.17) is 0 Å². The lowest BCUT2D eigenvalue weighted by Gasteiger charge is -2.46. The molecule has 0 aliphatic carbocycles. The van der Waals surface area contributed by atoms with Gasteiger partial charge in [-0.3, -0.25) is 4.79 Å². The normalized spacial score (nSPS) is 16.9. The van der Waals surface area contributed by atoms with Crippen LogP contribution in [0.4, 0.5) is 10.1 Å². The van der Waals surface area contributed by atoms with Crippen molar-refractivity contribution in [3.63, 3.8) is 0 Å². The van der Waals surface area contributed by atoms with Crippen molar-refractivity contribution in [1.82, 2.24) is 9.47 Å². The van der Waals surface area contributed by atoms with E-state index in [0.717, 1.165) is 18.5 Å². The summed E-state index contributed by atoms with van der Waals surface area (Å²) in [6.45, 7) is 5.57.